The van der Waals surface area contributed by atoms with Crippen molar-refractivity contribution >= 4 is 5.97 Å². The van der Waals surface area contributed by atoms with Crippen molar-refractivity contribution in [1.29, 1.82) is 0 Å². The van der Waals surface area contributed by atoms with Crippen molar-refractivity contribution in [3.05, 3.63) is 0 Å². The molecule has 2 atom stereocenters. The minimum atomic E-state index is -0.974. The van der Waals surface area contributed by atoms with Crippen molar-refractivity contribution in [3.8, 4) is 0 Å². The van der Waals surface area contributed by atoms with E-state index in [0.717, 1.165) is 12.8 Å². The molecule has 1 rings (SSSR count). The SMILES string of the molecule is CC(F)C(CC(=O)O)C1CC1. The van der Waals surface area contributed by atoms with Gasteiger partial charge >= 0.3 is 5.97 Å². The van der Waals surface area contributed by atoms with Gasteiger partial charge in [0.2, 0.25) is 0 Å². The Balaban J connectivity index is 2.38. The molecular weight excluding hydrogens is 147 g/mol. The Labute approximate surface area is 65.4 Å². The zero-order valence-corrected chi connectivity index (χ0v) is 6.59. The molecule has 1 fully saturated rings. The number of carbonyl (C=O) groups is 1. The molecule has 0 aliphatic heterocycles. The normalized spacial score (nSPS) is 22.7. The largest absolute Gasteiger partial charge is 0.481 e. The van der Waals surface area contributed by atoms with E-state index in [9.17, 15) is 9.18 Å². The standard InChI is InChI=1S/C8H13FO2/c1-5(9)7(4-8(10)11)6-2-3-6/h5-7H,2-4H2,1H3,(H,10,11). The van der Waals surface area contributed by atoms with Gasteiger partial charge in [0.25, 0.3) is 0 Å². The van der Waals surface area contributed by atoms with E-state index in [2.05, 4.69) is 0 Å². The summed E-state index contributed by atoms with van der Waals surface area (Å²) in [6.45, 7) is 1.45. The van der Waals surface area contributed by atoms with Gasteiger partial charge in [0.05, 0.1) is 6.42 Å². The number of alkyl halides is 1. The van der Waals surface area contributed by atoms with E-state index in [1.165, 1.54) is 6.92 Å². The zero-order chi connectivity index (χ0) is 8.43. The van der Waals surface area contributed by atoms with E-state index in [0.29, 0.717) is 5.92 Å². The Morgan fingerprint density at radius 1 is 1.73 bits per heavy atom. The molecule has 0 aromatic rings. The second-order valence-electron chi connectivity index (χ2n) is 3.28. The third kappa shape index (κ3) is 2.48. The van der Waals surface area contributed by atoms with Crippen molar-refractivity contribution in [3.63, 3.8) is 0 Å². The van der Waals surface area contributed by atoms with Crippen LogP contribution in [0.15, 0.2) is 0 Å². The van der Waals surface area contributed by atoms with Crippen molar-refractivity contribution < 1.29 is 14.3 Å². The zero-order valence-electron chi connectivity index (χ0n) is 6.59. The van der Waals surface area contributed by atoms with Gasteiger partial charge in [-0.05, 0) is 25.7 Å². The fourth-order valence-electron chi connectivity index (χ4n) is 1.43. The summed E-state index contributed by atoms with van der Waals surface area (Å²) in [5.74, 6) is -0.787. The predicted octanol–water partition coefficient (Wildman–Crippen LogP) is 1.85. The molecule has 1 saturated carbocycles. The third-order valence-corrected chi connectivity index (χ3v) is 2.23. The molecule has 0 bridgehead atoms. The van der Waals surface area contributed by atoms with Crippen molar-refractivity contribution in [2.75, 3.05) is 0 Å². The average Bonchev–Trinajstić information content (AvgIpc) is 2.63. The summed E-state index contributed by atoms with van der Waals surface area (Å²) in [5.41, 5.74) is 0. The van der Waals surface area contributed by atoms with Gasteiger partial charge in [0.1, 0.15) is 6.17 Å². The first-order chi connectivity index (χ1) is 5.11. The van der Waals surface area contributed by atoms with Crippen LogP contribution in [0.5, 0.6) is 0 Å². The molecule has 0 aromatic carbocycles. The molecule has 1 N–H and O–H groups in total. The van der Waals surface area contributed by atoms with Gasteiger partial charge in [-0.2, -0.15) is 0 Å². The number of aliphatic carboxylic acids is 1. The van der Waals surface area contributed by atoms with E-state index >= 15 is 0 Å². The summed E-state index contributed by atoms with van der Waals surface area (Å²) in [6, 6.07) is 0. The molecule has 0 amide bonds. The lowest BCUT2D eigenvalue weighted by atomic mass is 9.95. The molecule has 2 unspecified atom stereocenters. The van der Waals surface area contributed by atoms with E-state index in [-0.39, 0.29) is 12.3 Å². The maximum atomic E-state index is 12.8. The topological polar surface area (TPSA) is 37.3 Å². The Morgan fingerprint density at radius 2 is 2.27 bits per heavy atom. The summed E-state index contributed by atoms with van der Waals surface area (Å²) in [5, 5.41) is 8.44. The molecule has 2 nitrogen and oxygen atoms in total. The molecule has 11 heavy (non-hydrogen) atoms. The molecule has 64 valence electrons. The minimum absolute atomic E-state index is 0.0116. The summed E-state index contributed by atoms with van der Waals surface area (Å²) in [6.07, 6.45) is 1.03. The van der Waals surface area contributed by atoms with Crippen LogP contribution in [0.2, 0.25) is 0 Å². The summed E-state index contributed by atoms with van der Waals surface area (Å²) < 4.78 is 12.8. The number of hydrogen-bond donors (Lipinski definition) is 1. The third-order valence-electron chi connectivity index (χ3n) is 2.23. The van der Waals surface area contributed by atoms with Crippen LogP contribution >= 0.6 is 0 Å². The minimum Gasteiger partial charge on any atom is -0.481 e. The van der Waals surface area contributed by atoms with Crippen LogP contribution in [-0.2, 0) is 4.79 Å². The second kappa shape index (κ2) is 3.20. The number of carboxylic acid groups (broad SMARTS) is 1. The summed E-state index contributed by atoms with van der Waals surface area (Å²) in [4.78, 5) is 10.3. The Morgan fingerprint density at radius 3 is 2.55 bits per heavy atom. The summed E-state index contributed by atoms with van der Waals surface area (Å²) in [7, 11) is 0. The van der Waals surface area contributed by atoms with Gasteiger partial charge < -0.3 is 5.11 Å². The maximum absolute atomic E-state index is 12.8. The van der Waals surface area contributed by atoms with E-state index < -0.39 is 12.1 Å². The lowest BCUT2D eigenvalue weighted by molar-refractivity contribution is -0.138. The summed E-state index contributed by atoms with van der Waals surface area (Å²) >= 11 is 0. The smallest absolute Gasteiger partial charge is 0.303 e. The first-order valence-electron chi connectivity index (χ1n) is 3.97. The van der Waals surface area contributed by atoms with Gasteiger partial charge in [-0.15, -0.1) is 0 Å². The molecule has 0 saturated heterocycles. The second-order valence-corrected chi connectivity index (χ2v) is 3.28. The number of carboxylic acids is 1. The highest BCUT2D eigenvalue weighted by atomic mass is 19.1. The van der Waals surface area contributed by atoms with Crippen molar-refractivity contribution in [2.45, 2.75) is 32.4 Å². The Bertz CT molecular complexity index is 150. The van der Waals surface area contributed by atoms with Crippen LogP contribution in [0.3, 0.4) is 0 Å². The van der Waals surface area contributed by atoms with Crippen LogP contribution in [0.25, 0.3) is 0 Å². The van der Waals surface area contributed by atoms with Gasteiger partial charge in [-0.25, -0.2) is 4.39 Å². The van der Waals surface area contributed by atoms with Gasteiger partial charge in [-0.3, -0.25) is 4.79 Å². The lowest BCUT2D eigenvalue weighted by Gasteiger charge is -2.14. The monoisotopic (exact) mass is 160 g/mol. The molecule has 0 radical (unpaired) electrons. The van der Waals surface area contributed by atoms with E-state index in [1.54, 1.807) is 0 Å². The van der Waals surface area contributed by atoms with Gasteiger partial charge in [-0.1, -0.05) is 0 Å². The first-order valence-corrected chi connectivity index (χ1v) is 3.97. The maximum Gasteiger partial charge on any atom is 0.303 e. The van der Waals surface area contributed by atoms with E-state index in [1.807, 2.05) is 0 Å². The molecule has 1 aliphatic rings. The van der Waals surface area contributed by atoms with Crippen LogP contribution < -0.4 is 0 Å². The molecule has 0 aromatic heterocycles. The van der Waals surface area contributed by atoms with Crippen LogP contribution in [-0.4, -0.2) is 17.2 Å². The fraction of sp³-hybridized carbons (Fsp3) is 0.875. The Hall–Kier alpha value is -0.600. The van der Waals surface area contributed by atoms with E-state index in [4.69, 9.17) is 5.11 Å². The molecule has 0 heterocycles. The highest BCUT2D eigenvalue weighted by molar-refractivity contribution is 5.67. The van der Waals surface area contributed by atoms with Crippen molar-refractivity contribution in [1.82, 2.24) is 0 Å². The quantitative estimate of drug-likeness (QED) is 0.681. The first kappa shape index (κ1) is 8.50. The number of hydrogen-bond acceptors (Lipinski definition) is 1. The molecular formula is C8H13FO2. The van der Waals surface area contributed by atoms with Crippen LogP contribution in [0.4, 0.5) is 4.39 Å². The highest BCUT2D eigenvalue weighted by Crippen LogP contribution is 2.40. The highest BCUT2D eigenvalue weighted by Gasteiger charge is 2.36. The van der Waals surface area contributed by atoms with Gasteiger partial charge in [0.15, 0.2) is 0 Å². The average molecular weight is 160 g/mol. The molecule has 1 aliphatic carbocycles. The number of rotatable bonds is 4. The predicted molar refractivity (Wildman–Crippen MR) is 39.0 cm³/mol. The van der Waals surface area contributed by atoms with Crippen LogP contribution in [0, 0.1) is 11.8 Å². The van der Waals surface area contributed by atoms with Crippen LogP contribution in [0.1, 0.15) is 26.2 Å². The fourth-order valence-corrected chi connectivity index (χ4v) is 1.43. The molecule has 3 heteroatoms. The van der Waals surface area contributed by atoms with Gasteiger partial charge in [0, 0.05) is 5.92 Å². The number of halogens is 1. The Kier molecular flexibility index (Phi) is 2.47. The molecule has 0 spiro atoms. The van der Waals surface area contributed by atoms with Crippen molar-refractivity contribution in [2.24, 2.45) is 11.8 Å². The lowest BCUT2D eigenvalue weighted by Crippen LogP contribution is -2.18.